The van der Waals surface area contributed by atoms with Crippen LogP contribution in [0.5, 0.6) is 0 Å². The number of piperidine rings is 1. The van der Waals surface area contributed by atoms with E-state index in [-0.39, 0.29) is 17.7 Å². The highest BCUT2D eigenvalue weighted by molar-refractivity contribution is 5.94. The number of nitrogens with zero attached hydrogens (tertiary/aromatic N) is 2. The number of nitrogens with one attached hydrogen (secondary N) is 1. The van der Waals surface area contributed by atoms with E-state index in [2.05, 4.69) is 5.32 Å². The fourth-order valence-electron chi connectivity index (χ4n) is 3.43. The molecule has 1 aromatic carbocycles. The molecule has 2 saturated heterocycles. The molecule has 2 aliphatic heterocycles. The molecule has 0 bridgehead atoms. The van der Waals surface area contributed by atoms with Gasteiger partial charge in [0.2, 0.25) is 5.91 Å². The number of rotatable bonds is 2. The Hall–Kier alpha value is -1.88. The summed E-state index contributed by atoms with van der Waals surface area (Å²) in [4.78, 5) is 29.0. The molecule has 0 aliphatic carbocycles. The van der Waals surface area contributed by atoms with Crippen LogP contribution in [-0.4, -0.2) is 60.9 Å². The first-order valence-electron chi connectivity index (χ1n) is 8.59. The molecule has 124 valence electrons. The van der Waals surface area contributed by atoms with Crippen molar-refractivity contribution in [3.63, 3.8) is 0 Å². The first-order valence-corrected chi connectivity index (χ1v) is 8.59. The van der Waals surface area contributed by atoms with Gasteiger partial charge in [-0.05, 0) is 37.9 Å². The Morgan fingerprint density at radius 1 is 0.957 bits per heavy atom. The SMILES string of the molecule is O=C(c1ccccc1)N1CCCN(C(=O)C2CCCNC2)CC1. The molecule has 2 fully saturated rings. The van der Waals surface area contributed by atoms with Crippen molar-refractivity contribution in [1.29, 1.82) is 0 Å². The quantitative estimate of drug-likeness (QED) is 0.896. The molecule has 1 aromatic rings. The van der Waals surface area contributed by atoms with E-state index in [9.17, 15) is 9.59 Å². The van der Waals surface area contributed by atoms with E-state index >= 15 is 0 Å². The lowest BCUT2D eigenvalue weighted by Gasteiger charge is -2.29. The van der Waals surface area contributed by atoms with E-state index in [0.717, 1.165) is 51.0 Å². The van der Waals surface area contributed by atoms with Crippen LogP contribution in [0.25, 0.3) is 0 Å². The maximum Gasteiger partial charge on any atom is 0.253 e. The summed E-state index contributed by atoms with van der Waals surface area (Å²) in [6.07, 6.45) is 2.91. The predicted molar refractivity (Wildman–Crippen MR) is 89.1 cm³/mol. The van der Waals surface area contributed by atoms with Crippen LogP contribution in [0, 0.1) is 5.92 Å². The van der Waals surface area contributed by atoms with Crippen molar-refractivity contribution in [2.24, 2.45) is 5.92 Å². The molecule has 0 saturated carbocycles. The molecule has 5 nitrogen and oxygen atoms in total. The largest absolute Gasteiger partial charge is 0.341 e. The number of hydrogen-bond acceptors (Lipinski definition) is 3. The zero-order valence-corrected chi connectivity index (χ0v) is 13.5. The van der Waals surface area contributed by atoms with E-state index < -0.39 is 0 Å². The minimum atomic E-state index is 0.0687. The average Bonchev–Trinajstić information content (AvgIpc) is 2.88. The van der Waals surface area contributed by atoms with Crippen molar-refractivity contribution in [2.45, 2.75) is 19.3 Å². The van der Waals surface area contributed by atoms with Crippen LogP contribution in [-0.2, 0) is 4.79 Å². The van der Waals surface area contributed by atoms with Gasteiger partial charge in [-0.15, -0.1) is 0 Å². The van der Waals surface area contributed by atoms with Gasteiger partial charge in [0.05, 0.1) is 5.92 Å². The molecule has 2 amide bonds. The zero-order valence-electron chi connectivity index (χ0n) is 13.5. The summed E-state index contributed by atoms with van der Waals surface area (Å²) in [6, 6.07) is 9.39. The fraction of sp³-hybridized carbons (Fsp3) is 0.556. The summed E-state index contributed by atoms with van der Waals surface area (Å²) in [5.41, 5.74) is 0.726. The van der Waals surface area contributed by atoms with E-state index in [0.29, 0.717) is 13.1 Å². The van der Waals surface area contributed by atoms with Gasteiger partial charge < -0.3 is 15.1 Å². The highest BCUT2D eigenvalue weighted by atomic mass is 16.2. The summed E-state index contributed by atoms with van der Waals surface area (Å²) < 4.78 is 0. The molecule has 2 heterocycles. The molecule has 23 heavy (non-hydrogen) atoms. The molecule has 0 spiro atoms. The van der Waals surface area contributed by atoms with Crippen LogP contribution in [0.2, 0.25) is 0 Å². The Kier molecular flexibility index (Phi) is 5.28. The van der Waals surface area contributed by atoms with Crippen molar-refractivity contribution < 1.29 is 9.59 Å². The first-order chi connectivity index (χ1) is 11.3. The summed E-state index contributed by atoms with van der Waals surface area (Å²) in [7, 11) is 0. The van der Waals surface area contributed by atoms with Crippen molar-refractivity contribution in [3.05, 3.63) is 35.9 Å². The monoisotopic (exact) mass is 315 g/mol. The average molecular weight is 315 g/mol. The Labute approximate surface area is 137 Å². The number of hydrogen-bond donors (Lipinski definition) is 1. The van der Waals surface area contributed by atoms with Gasteiger partial charge in [-0.2, -0.15) is 0 Å². The highest BCUT2D eigenvalue weighted by Gasteiger charge is 2.28. The van der Waals surface area contributed by atoms with Crippen molar-refractivity contribution >= 4 is 11.8 Å². The van der Waals surface area contributed by atoms with Crippen LogP contribution in [0.4, 0.5) is 0 Å². The Morgan fingerprint density at radius 3 is 2.43 bits per heavy atom. The normalized spacial score (nSPS) is 22.5. The topological polar surface area (TPSA) is 52.7 Å². The van der Waals surface area contributed by atoms with Gasteiger partial charge in [-0.25, -0.2) is 0 Å². The molecule has 3 rings (SSSR count). The Bertz CT molecular complexity index is 540. The minimum absolute atomic E-state index is 0.0687. The number of carbonyl (C=O) groups is 2. The maximum atomic E-state index is 12.6. The van der Waals surface area contributed by atoms with E-state index in [4.69, 9.17) is 0 Å². The molecule has 2 aliphatic rings. The van der Waals surface area contributed by atoms with Crippen LogP contribution in [0.1, 0.15) is 29.6 Å². The molecule has 5 heteroatoms. The van der Waals surface area contributed by atoms with E-state index in [1.807, 2.05) is 40.1 Å². The van der Waals surface area contributed by atoms with Gasteiger partial charge in [0.15, 0.2) is 0 Å². The molecule has 0 aromatic heterocycles. The molecule has 1 unspecified atom stereocenters. The molecular formula is C18H25N3O2. The summed E-state index contributed by atoms with van der Waals surface area (Å²) in [5.74, 6) is 0.436. The second-order valence-electron chi connectivity index (χ2n) is 6.38. The second kappa shape index (κ2) is 7.59. The van der Waals surface area contributed by atoms with E-state index in [1.54, 1.807) is 0 Å². The highest BCUT2D eigenvalue weighted by Crippen LogP contribution is 2.16. The third kappa shape index (κ3) is 3.91. The maximum absolute atomic E-state index is 12.6. The Balaban J connectivity index is 1.58. The summed E-state index contributed by atoms with van der Waals surface area (Å²) in [6.45, 7) is 4.56. The van der Waals surface area contributed by atoms with Gasteiger partial charge in [0, 0.05) is 38.3 Å². The third-order valence-corrected chi connectivity index (χ3v) is 4.76. The molecule has 1 N–H and O–H groups in total. The number of carbonyl (C=O) groups excluding carboxylic acids is 2. The molecule has 0 radical (unpaired) electrons. The van der Waals surface area contributed by atoms with Crippen LogP contribution >= 0.6 is 0 Å². The third-order valence-electron chi connectivity index (χ3n) is 4.76. The van der Waals surface area contributed by atoms with Crippen molar-refractivity contribution in [3.8, 4) is 0 Å². The summed E-state index contributed by atoms with van der Waals surface area (Å²) >= 11 is 0. The Morgan fingerprint density at radius 2 is 1.70 bits per heavy atom. The van der Waals surface area contributed by atoms with E-state index in [1.165, 1.54) is 0 Å². The van der Waals surface area contributed by atoms with Crippen molar-refractivity contribution in [2.75, 3.05) is 39.3 Å². The molecule has 1 atom stereocenters. The van der Waals surface area contributed by atoms with Crippen molar-refractivity contribution in [1.82, 2.24) is 15.1 Å². The summed E-state index contributed by atoms with van der Waals surface area (Å²) in [5, 5.41) is 3.31. The fourth-order valence-corrected chi connectivity index (χ4v) is 3.43. The number of amides is 2. The lowest BCUT2D eigenvalue weighted by molar-refractivity contribution is -0.135. The van der Waals surface area contributed by atoms with Gasteiger partial charge >= 0.3 is 0 Å². The first kappa shape index (κ1) is 16.0. The molecular weight excluding hydrogens is 290 g/mol. The smallest absolute Gasteiger partial charge is 0.253 e. The van der Waals surface area contributed by atoms with Gasteiger partial charge in [-0.1, -0.05) is 18.2 Å². The van der Waals surface area contributed by atoms with Crippen LogP contribution in [0.15, 0.2) is 30.3 Å². The lowest BCUT2D eigenvalue weighted by atomic mass is 9.98. The zero-order chi connectivity index (χ0) is 16.1. The van der Waals surface area contributed by atoms with Crippen LogP contribution in [0.3, 0.4) is 0 Å². The number of benzene rings is 1. The van der Waals surface area contributed by atoms with Gasteiger partial charge in [-0.3, -0.25) is 9.59 Å². The second-order valence-corrected chi connectivity index (χ2v) is 6.38. The standard InChI is InChI=1S/C18H25N3O2/c22-17(15-6-2-1-3-7-15)20-10-5-11-21(13-12-20)18(23)16-8-4-9-19-14-16/h1-3,6-7,16,19H,4-5,8-14H2. The van der Waals surface area contributed by atoms with Crippen LogP contribution < -0.4 is 5.32 Å². The van der Waals surface area contributed by atoms with Gasteiger partial charge in [0.25, 0.3) is 5.91 Å². The minimum Gasteiger partial charge on any atom is -0.341 e. The predicted octanol–water partition coefficient (Wildman–Crippen LogP) is 1.36. The lowest BCUT2D eigenvalue weighted by Crippen LogP contribution is -2.44. The van der Waals surface area contributed by atoms with Gasteiger partial charge in [0.1, 0.15) is 0 Å².